The lowest BCUT2D eigenvalue weighted by Gasteiger charge is -2.26. The van der Waals surface area contributed by atoms with Crippen molar-refractivity contribution in [3.63, 3.8) is 0 Å². The van der Waals surface area contributed by atoms with Crippen LogP contribution < -0.4 is 15.1 Å². The average Bonchev–Trinajstić information content (AvgIpc) is 2.71. The number of carbonyl (C=O) groups is 2. The van der Waals surface area contributed by atoms with E-state index in [1.54, 1.807) is 11.8 Å². The molecule has 0 aliphatic heterocycles. The van der Waals surface area contributed by atoms with Crippen molar-refractivity contribution in [2.45, 2.75) is 40.5 Å². The molecule has 0 saturated carbocycles. The topological polar surface area (TPSA) is 52.6 Å². The average molecular weight is 396 g/mol. The highest BCUT2D eigenvalue weighted by Gasteiger charge is 2.16. The Morgan fingerprint density at radius 2 is 1.69 bits per heavy atom. The van der Waals surface area contributed by atoms with Gasteiger partial charge in [-0.1, -0.05) is 30.3 Å². The number of amides is 2. The molecule has 2 rings (SSSR count). The summed E-state index contributed by atoms with van der Waals surface area (Å²) in [6, 6.07) is 16.2. The summed E-state index contributed by atoms with van der Waals surface area (Å²) in [6.45, 7) is 10.7. The molecule has 1 N–H and O–H groups in total. The Balaban J connectivity index is 1.94. The second-order valence-electron chi connectivity index (χ2n) is 7.15. The summed E-state index contributed by atoms with van der Waals surface area (Å²) < 4.78 is 0. The summed E-state index contributed by atoms with van der Waals surface area (Å²) in [6.07, 6.45) is 1.08. The van der Waals surface area contributed by atoms with Crippen molar-refractivity contribution >= 4 is 23.2 Å². The van der Waals surface area contributed by atoms with Crippen LogP contribution in [0.5, 0.6) is 0 Å². The van der Waals surface area contributed by atoms with Gasteiger partial charge in [-0.3, -0.25) is 9.59 Å². The van der Waals surface area contributed by atoms with Crippen molar-refractivity contribution in [2.24, 2.45) is 0 Å². The van der Waals surface area contributed by atoms with E-state index in [0.717, 1.165) is 36.4 Å². The van der Waals surface area contributed by atoms with Gasteiger partial charge in [0, 0.05) is 50.9 Å². The van der Waals surface area contributed by atoms with Crippen LogP contribution in [0.1, 0.15) is 38.3 Å². The molecule has 0 unspecified atom stereocenters. The van der Waals surface area contributed by atoms with Crippen LogP contribution in [0.15, 0.2) is 48.5 Å². The molecule has 2 aromatic rings. The van der Waals surface area contributed by atoms with E-state index < -0.39 is 0 Å². The van der Waals surface area contributed by atoms with E-state index in [1.165, 1.54) is 5.56 Å². The summed E-state index contributed by atoms with van der Waals surface area (Å²) in [5.74, 6) is -0.0922. The number of anilines is 2. The summed E-state index contributed by atoms with van der Waals surface area (Å²) >= 11 is 0. The molecule has 0 radical (unpaired) electrons. The van der Waals surface area contributed by atoms with Crippen molar-refractivity contribution in [1.29, 1.82) is 0 Å². The quantitative estimate of drug-likeness (QED) is 0.663. The third-order valence-corrected chi connectivity index (χ3v) is 5.12. The lowest BCUT2D eigenvalue weighted by molar-refractivity contribution is -0.121. The number of rotatable bonds is 10. The molecule has 5 heteroatoms. The van der Waals surface area contributed by atoms with Crippen molar-refractivity contribution < 1.29 is 9.59 Å². The predicted octanol–water partition coefficient (Wildman–Crippen LogP) is 3.94. The van der Waals surface area contributed by atoms with Gasteiger partial charge in [0.25, 0.3) is 0 Å². The molecule has 0 fully saturated rings. The van der Waals surface area contributed by atoms with Crippen LogP contribution in [0.3, 0.4) is 0 Å². The first-order valence-electron chi connectivity index (χ1n) is 10.4. The number of aryl methyl sites for hydroxylation is 1. The summed E-state index contributed by atoms with van der Waals surface area (Å²) in [5, 5.41) is 2.95. The third-order valence-electron chi connectivity index (χ3n) is 5.12. The van der Waals surface area contributed by atoms with Crippen LogP contribution in [0.4, 0.5) is 11.4 Å². The van der Waals surface area contributed by atoms with Gasteiger partial charge in [0.15, 0.2) is 0 Å². The third kappa shape index (κ3) is 6.63. The number of carbonyl (C=O) groups excluding carboxylic acids is 2. The smallest absolute Gasteiger partial charge is 0.223 e. The molecule has 0 atom stereocenters. The highest BCUT2D eigenvalue weighted by molar-refractivity contribution is 5.93. The summed E-state index contributed by atoms with van der Waals surface area (Å²) in [5.41, 5.74) is 4.25. The van der Waals surface area contributed by atoms with Gasteiger partial charge in [0.05, 0.1) is 0 Å². The van der Waals surface area contributed by atoms with Crippen LogP contribution in [0.25, 0.3) is 0 Å². The van der Waals surface area contributed by atoms with Gasteiger partial charge < -0.3 is 15.1 Å². The largest absolute Gasteiger partial charge is 0.372 e. The molecule has 0 heterocycles. The van der Waals surface area contributed by atoms with E-state index in [0.29, 0.717) is 13.1 Å². The van der Waals surface area contributed by atoms with Crippen LogP contribution in [-0.4, -0.2) is 38.0 Å². The lowest BCUT2D eigenvalue weighted by atomic mass is 10.1. The molecular weight excluding hydrogens is 362 g/mol. The fraction of sp³-hybridized carbons (Fsp3) is 0.417. The molecule has 0 spiro atoms. The molecule has 5 nitrogen and oxygen atoms in total. The van der Waals surface area contributed by atoms with Crippen molar-refractivity contribution in [3.05, 3.63) is 59.7 Å². The highest BCUT2D eigenvalue weighted by atomic mass is 16.2. The van der Waals surface area contributed by atoms with E-state index in [-0.39, 0.29) is 18.2 Å². The highest BCUT2D eigenvalue weighted by Crippen LogP contribution is 2.26. The molecule has 0 aliphatic carbocycles. The number of nitrogens with one attached hydrogen (secondary N) is 1. The minimum Gasteiger partial charge on any atom is -0.372 e. The molecule has 0 saturated heterocycles. The Bertz CT molecular complexity index is 801. The standard InChI is InChI=1S/C24H33N3O2/c1-5-26(6-2)22-12-13-23(19(3)18-22)27(20(4)28)17-15-24(29)25-16-14-21-10-8-7-9-11-21/h7-13,18H,5-6,14-17H2,1-4H3,(H,25,29). The fourth-order valence-electron chi connectivity index (χ4n) is 3.47. The molecule has 29 heavy (non-hydrogen) atoms. The lowest BCUT2D eigenvalue weighted by Crippen LogP contribution is -2.35. The molecule has 2 amide bonds. The zero-order valence-corrected chi connectivity index (χ0v) is 18.1. The minimum atomic E-state index is -0.0548. The fourth-order valence-corrected chi connectivity index (χ4v) is 3.47. The zero-order valence-electron chi connectivity index (χ0n) is 18.1. The van der Waals surface area contributed by atoms with E-state index in [2.05, 4.69) is 30.1 Å². The number of nitrogens with zero attached hydrogens (tertiary/aromatic N) is 2. The van der Waals surface area contributed by atoms with Gasteiger partial charge in [-0.2, -0.15) is 0 Å². The second-order valence-corrected chi connectivity index (χ2v) is 7.15. The van der Waals surface area contributed by atoms with Crippen LogP contribution >= 0.6 is 0 Å². The van der Waals surface area contributed by atoms with Gasteiger partial charge in [0.2, 0.25) is 11.8 Å². The van der Waals surface area contributed by atoms with Crippen LogP contribution in [0.2, 0.25) is 0 Å². The van der Waals surface area contributed by atoms with Gasteiger partial charge in [-0.25, -0.2) is 0 Å². The Morgan fingerprint density at radius 3 is 2.28 bits per heavy atom. The first-order valence-corrected chi connectivity index (χ1v) is 10.4. The van der Waals surface area contributed by atoms with Gasteiger partial charge >= 0.3 is 0 Å². The minimum absolute atomic E-state index is 0.0374. The SMILES string of the molecule is CCN(CC)c1ccc(N(CCC(=O)NCCc2ccccc2)C(C)=O)c(C)c1. The Kier molecular flexibility index (Phi) is 8.71. The monoisotopic (exact) mass is 395 g/mol. The molecule has 156 valence electrons. The maximum atomic E-state index is 12.2. The summed E-state index contributed by atoms with van der Waals surface area (Å²) in [4.78, 5) is 28.4. The molecule has 0 aromatic heterocycles. The number of benzene rings is 2. The number of hydrogen-bond acceptors (Lipinski definition) is 3. The number of hydrogen-bond donors (Lipinski definition) is 1. The Morgan fingerprint density at radius 1 is 1.00 bits per heavy atom. The predicted molar refractivity (Wildman–Crippen MR) is 121 cm³/mol. The van der Waals surface area contributed by atoms with E-state index in [9.17, 15) is 9.59 Å². The Hall–Kier alpha value is -2.82. The molecule has 0 aliphatic rings. The molecular formula is C24H33N3O2. The van der Waals surface area contributed by atoms with Gasteiger partial charge in [0.1, 0.15) is 0 Å². The van der Waals surface area contributed by atoms with E-state index in [4.69, 9.17) is 0 Å². The maximum absolute atomic E-state index is 12.2. The van der Waals surface area contributed by atoms with Gasteiger partial charge in [-0.15, -0.1) is 0 Å². The van der Waals surface area contributed by atoms with Crippen molar-refractivity contribution in [3.8, 4) is 0 Å². The Labute approximate surface area is 174 Å². The van der Waals surface area contributed by atoms with E-state index in [1.807, 2.05) is 49.4 Å². The molecule has 2 aromatic carbocycles. The van der Waals surface area contributed by atoms with Crippen molar-refractivity contribution in [2.75, 3.05) is 36.0 Å². The second kappa shape index (κ2) is 11.2. The van der Waals surface area contributed by atoms with Crippen molar-refractivity contribution in [1.82, 2.24) is 5.32 Å². The summed E-state index contributed by atoms with van der Waals surface area (Å²) in [7, 11) is 0. The van der Waals surface area contributed by atoms with Crippen LogP contribution in [-0.2, 0) is 16.0 Å². The zero-order chi connectivity index (χ0) is 21.2. The van der Waals surface area contributed by atoms with Gasteiger partial charge in [-0.05, 0) is 56.5 Å². The van der Waals surface area contributed by atoms with E-state index >= 15 is 0 Å². The molecule has 0 bridgehead atoms. The maximum Gasteiger partial charge on any atom is 0.223 e. The normalized spacial score (nSPS) is 10.5. The van der Waals surface area contributed by atoms with Crippen LogP contribution in [0, 0.1) is 6.92 Å². The first kappa shape index (κ1) is 22.5. The first-order chi connectivity index (χ1) is 14.0.